The largest absolute Gasteiger partial charge is 0.496 e. The number of hydrogen-bond acceptors (Lipinski definition) is 5. The third kappa shape index (κ3) is 6.06. The first-order valence-electron chi connectivity index (χ1n) is 8.58. The molecule has 25 heavy (non-hydrogen) atoms. The van der Waals surface area contributed by atoms with Crippen LogP contribution in [0.4, 0.5) is 5.82 Å². The van der Waals surface area contributed by atoms with Crippen molar-refractivity contribution in [3.05, 3.63) is 47.7 Å². The molecular formula is C19H26N4O2. The maximum Gasteiger partial charge on any atom is 0.271 e. The summed E-state index contributed by atoms with van der Waals surface area (Å²) in [6, 6.07) is 11.2. The van der Waals surface area contributed by atoms with Crippen molar-refractivity contribution >= 4 is 11.7 Å². The number of aromatic nitrogens is 2. The number of carbonyl (C=O) groups excluding carboxylic acids is 1. The molecule has 1 aromatic heterocycles. The Morgan fingerprint density at radius 2 is 1.92 bits per heavy atom. The summed E-state index contributed by atoms with van der Waals surface area (Å²) in [7, 11) is 1.64. The van der Waals surface area contributed by atoms with E-state index in [1.807, 2.05) is 24.3 Å². The number of rotatable bonds is 9. The van der Waals surface area contributed by atoms with Crippen molar-refractivity contribution in [2.24, 2.45) is 5.92 Å². The van der Waals surface area contributed by atoms with Gasteiger partial charge in [0.2, 0.25) is 0 Å². The Kier molecular flexibility index (Phi) is 7.19. The number of benzene rings is 1. The lowest BCUT2D eigenvalue weighted by molar-refractivity contribution is 0.0948. The van der Waals surface area contributed by atoms with Gasteiger partial charge in [0.05, 0.1) is 7.11 Å². The molecule has 1 amide bonds. The molecule has 0 spiro atoms. The van der Waals surface area contributed by atoms with Gasteiger partial charge in [-0.05, 0) is 42.5 Å². The Balaban J connectivity index is 1.80. The fraction of sp³-hybridized carbons (Fsp3) is 0.421. The highest BCUT2D eigenvalue weighted by molar-refractivity contribution is 5.92. The van der Waals surface area contributed by atoms with Gasteiger partial charge in [-0.1, -0.05) is 32.0 Å². The fourth-order valence-electron chi connectivity index (χ4n) is 2.35. The van der Waals surface area contributed by atoms with Gasteiger partial charge in [-0.25, -0.2) is 0 Å². The SMILES string of the molecule is COc1ccccc1CCNC(=O)c1ccc(NCCC(C)C)nn1. The lowest BCUT2D eigenvalue weighted by Crippen LogP contribution is -2.27. The highest BCUT2D eigenvalue weighted by Gasteiger charge is 2.09. The second-order valence-electron chi connectivity index (χ2n) is 6.23. The van der Waals surface area contributed by atoms with Crippen LogP contribution in [0.3, 0.4) is 0 Å². The monoisotopic (exact) mass is 342 g/mol. The lowest BCUT2D eigenvalue weighted by atomic mass is 10.1. The summed E-state index contributed by atoms with van der Waals surface area (Å²) in [6.07, 6.45) is 1.75. The lowest BCUT2D eigenvalue weighted by Gasteiger charge is -2.09. The molecule has 134 valence electrons. The number of para-hydroxylation sites is 1. The molecule has 0 bridgehead atoms. The first-order chi connectivity index (χ1) is 12.1. The molecule has 1 heterocycles. The molecule has 0 radical (unpaired) electrons. The van der Waals surface area contributed by atoms with Crippen molar-refractivity contribution in [2.45, 2.75) is 26.7 Å². The second kappa shape index (κ2) is 9.61. The number of nitrogens with one attached hydrogen (secondary N) is 2. The van der Waals surface area contributed by atoms with Gasteiger partial charge in [0, 0.05) is 13.1 Å². The standard InChI is InChI=1S/C19H26N4O2/c1-14(2)10-12-20-18-9-8-16(22-23-18)19(24)21-13-11-15-6-4-5-7-17(15)25-3/h4-9,14H,10-13H2,1-3H3,(H,20,23)(H,21,24). The van der Waals surface area contributed by atoms with E-state index in [0.29, 0.717) is 30.4 Å². The van der Waals surface area contributed by atoms with Gasteiger partial charge in [-0.2, -0.15) is 0 Å². The summed E-state index contributed by atoms with van der Waals surface area (Å²) in [5.74, 6) is 1.92. The smallest absolute Gasteiger partial charge is 0.271 e. The summed E-state index contributed by atoms with van der Waals surface area (Å²) < 4.78 is 5.31. The molecular weight excluding hydrogens is 316 g/mol. The topological polar surface area (TPSA) is 76.1 Å². The molecule has 0 fully saturated rings. The molecule has 1 aromatic carbocycles. The van der Waals surface area contributed by atoms with Crippen LogP contribution in [0.15, 0.2) is 36.4 Å². The number of hydrogen-bond donors (Lipinski definition) is 2. The number of ether oxygens (including phenoxy) is 1. The van der Waals surface area contributed by atoms with Crippen LogP contribution in [-0.2, 0) is 6.42 Å². The van der Waals surface area contributed by atoms with E-state index in [9.17, 15) is 4.79 Å². The number of nitrogens with zero attached hydrogens (tertiary/aromatic N) is 2. The van der Waals surface area contributed by atoms with E-state index in [1.165, 1.54) is 0 Å². The molecule has 0 aliphatic rings. The van der Waals surface area contributed by atoms with E-state index in [-0.39, 0.29) is 5.91 Å². The molecule has 0 unspecified atom stereocenters. The molecule has 2 aromatic rings. The van der Waals surface area contributed by atoms with Gasteiger partial charge in [-0.3, -0.25) is 4.79 Å². The van der Waals surface area contributed by atoms with Crippen LogP contribution in [0.1, 0.15) is 36.3 Å². The fourth-order valence-corrected chi connectivity index (χ4v) is 2.35. The zero-order chi connectivity index (χ0) is 18.1. The van der Waals surface area contributed by atoms with Gasteiger partial charge in [0.25, 0.3) is 5.91 Å². The summed E-state index contributed by atoms with van der Waals surface area (Å²) in [5.41, 5.74) is 1.37. The van der Waals surface area contributed by atoms with Crippen LogP contribution in [-0.4, -0.2) is 36.3 Å². The highest BCUT2D eigenvalue weighted by Crippen LogP contribution is 2.17. The summed E-state index contributed by atoms with van der Waals surface area (Å²) in [4.78, 5) is 12.1. The minimum Gasteiger partial charge on any atom is -0.496 e. The first kappa shape index (κ1) is 18.7. The van der Waals surface area contributed by atoms with Crippen molar-refractivity contribution in [1.82, 2.24) is 15.5 Å². The maximum atomic E-state index is 12.1. The normalized spacial score (nSPS) is 10.6. The van der Waals surface area contributed by atoms with Crippen molar-refractivity contribution in [1.29, 1.82) is 0 Å². The van der Waals surface area contributed by atoms with Gasteiger partial charge in [0.1, 0.15) is 11.6 Å². The zero-order valence-electron chi connectivity index (χ0n) is 15.1. The summed E-state index contributed by atoms with van der Waals surface area (Å²) in [6.45, 7) is 5.70. The van der Waals surface area contributed by atoms with Gasteiger partial charge in [-0.15, -0.1) is 10.2 Å². The van der Waals surface area contributed by atoms with Crippen LogP contribution in [0.25, 0.3) is 0 Å². The third-order valence-corrected chi connectivity index (χ3v) is 3.80. The Hall–Kier alpha value is -2.63. The minimum atomic E-state index is -0.226. The van der Waals surface area contributed by atoms with E-state index in [2.05, 4.69) is 34.7 Å². The predicted octanol–water partition coefficient (Wildman–Crippen LogP) is 2.92. The highest BCUT2D eigenvalue weighted by atomic mass is 16.5. The van der Waals surface area contributed by atoms with E-state index >= 15 is 0 Å². The number of anilines is 1. The van der Waals surface area contributed by atoms with Crippen molar-refractivity contribution < 1.29 is 9.53 Å². The minimum absolute atomic E-state index is 0.226. The number of carbonyl (C=O) groups is 1. The first-order valence-corrected chi connectivity index (χ1v) is 8.58. The Morgan fingerprint density at radius 1 is 1.12 bits per heavy atom. The van der Waals surface area contributed by atoms with Crippen LogP contribution >= 0.6 is 0 Å². The van der Waals surface area contributed by atoms with E-state index in [0.717, 1.165) is 24.3 Å². The molecule has 6 nitrogen and oxygen atoms in total. The molecule has 2 rings (SSSR count). The van der Waals surface area contributed by atoms with Crippen molar-refractivity contribution in [3.63, 3.8) is 0 Å². The molecule has 6 heteroatoms. The van der Waals surface area contributed by atoms with Gasteiger partial charge < -0.3 is 15.4 Å². The molecule has 0 saturated carbocycles. The van der Waals surface area contributed by atoms with Crippen LogP contribution in [0, 0.1) is 5.92 Å². The maximum absolute atomic E-state index is 12.1. The number of amides is 1. The Bertz CT molecular complexity index is 671. The van der Waals surface area contributed by atoms with Gasteiger partial charge >= 0.3 is 0 Å². The van der Waals surface area contributed by atoms with Crippen molar-refractivity contribution in [2.75, 3.05) is 25.5 Å². The molecule has 2 N–H and O–H groups in total. The Morgan fingerprint density at radius 3 is 2.60 bits per heavy atom. The van der Waals surface area contributed by atoms with E-state index in [1.54, 1.807) is 19.2 Å². The molecule has 0 saturated heterocycles. The molecule has 0 aliphatic heterocycles. The predicted molar refractivity (Wildman–Crippen MR) is 99.0 cm³/mol. The van der Waals surface area contributed by atoms with E-state index < -0.39 is 0 Å². The van der Waals surface area contributed by atoms with Gasteiger partial charge in [0.15, 0.2) is 5.69 Å². The summed E-state index contributed by atoms with van der Waals surface area (Å²) in [5, 5.41) is 14.1. The third-order valence-electron chi connectivity index (χ3n) is 3.80. The van der Waals surface area contributed by atoms with Crippen LogP contribution < -0.4 is 15.4 Å². The average molecular weight is 342 g/mol. The van der Waals surface area contributed by atoms with E-state index in [4.69, 9.17) is 4.74 Å². The Labute approximate surface area is 149 Å². The molecule has 0 aliphatic carbocycles. The zero-order valence-corrected chi connectivity index (χ0v) is 15.1. The number of methoxy groups -OCH3 is 1. The van der Waals surface area contributed by atoms with Crippen LogP contribution in [0.2, 0.25) is 0 Å². The van der Waals surface area contributed by atoms with Crippen LogP contribution in [0.5, 0.6) is 5.75 Å². The van der Waals surface area contributed by atoms with Crippen molar-refractivity contribution in [3.8, 4) is 5.75 Å². The second-order valence-corrected chi connectivity index (χ2v) is 6.23. The average Bonchev–Trinajstić information content (AvgIpc) is 2.62. The summed E-state index contributed by atoms with van der Waals surface area (Å²) >= 11 is 0. The molecule has 0 atom stereocenters. The quantitative estimate of drug-likeness (QED) is 0.733.